The van der Waals surface area contributed by atoms with Crippen LogP contribution in [0.4, 0.5) is 0 Å². The van der Waals surface area contributed by atoms with E-state index >= 15 is 0 Å². The normalized spacial score (nSPS) is 10.5. The zero-order valence-electron chi connectivity index (χ0n) is 12.9. The highest BCUT2D eigenvalue weighted by atomic mass is 16.5. The lowest BCUT2D eigenvalue weighted by atomic mass is 10.3. The minimum atomic E-state index is -0.368. The summed E-state index contributed by atoms with van der Waals surface area (Å²) in [6, 6.07) is 9.12. The largest absolute Gasteiger partial charge is 0.497 e. The van der Waals surface area contributed by atoms with E-state index in [1.807, 2.05) is 37.3 Å². The van der Waals surface area contributed by atoms with E-state index in [4.69, 9.17) is 14.7 Å². The van der Waals surface area contributed by atoms with Gasteiger partial charge in [-0.15, -0.1) is 0 Å². The van der Waals surface area contributed by atoms with E-state index < -0.39 is 0 Å². The van der Waals surface area contributed by atoms with Gasteiger partial charge in [-0.3, -0.25) is 4.79 Å². The number of amides is 1. The van der Waals surface area contributed by atoms with Gasteiger partial charge in [0.1, 0.15) is 29.7 Å². The Morgan fingerprint density at radius 1 is 1.27 bits per heavy atom. The number of carbonyl (C=O) groups is 1. The summed E-state index contributed by atoms with van der Waals surface area (Å²) in [6.07, 6.45) is 2.23. The molecule has 6 heteroatoms. The van der Waals surface area contributed by atoms with Crippen LogP contribution >= 0.6 is 0 Å². The van der Waals surface area contributed by atoms with Gasteiger partial charge in [-0.2, -0.15) is 5.26 Å². The van der Waals surface area contributed by atoms with Crippen molar-refractivity contribution in [1.29, 1.82) is 5.26 Å². The molecule has 6 nitrogen and oxygen atoms in total. The summed E-state index contributed by atoms with van der Waals surface area (Å²) >= 11 is 0. The van der Waals surface area contributed by atoms with Crippen molar-refractivity contribution >= 4 is 5.91 Å². The van der Waals surface area contributed by atoms with Gasteiger partial charge in [-0.1, -0.05) is 6.92 Å². The third kappa shape index (κ3) is 6.18. The zero-order chi connectivity index (χ0) is 16.2. The SMILES string of the molecule is CCCNC(=O)/C(C#N)=C\NCCOc1ccc(OC)cc1. The Morgan fingerprint density at radius 3 is 2.55 bits per heavy atom. The van der Waals surface area contributed by atoms with Gasteiger partial charge < -0.3 is 20.1 Å². The number of methoxy groups -OCH3 is 1. The maximum absolute atomic E-state index is 11.6. The second-order valence-corrected chi connectivity index (χ2v) is 4.40. The zero-order valence-corrected chi connectivity index (χ0v) is 12.9. The fraction of sp³-hybridized carbons (Fsp3) is 0.375. The van der Waals surface area contributed by atoms with E-state index in [1.165, 1.54) is 6.20 Å². The van der Waals surface area contributed by atoms with Crippen LogP contribution in [0.5, 0.6) is 11.5 Å². The van der Waals surface area contributed by atoms with Crippen molar-refractivity contribution in [3.63, 3.8) is 0 Å². The monoisotopic (exact) mass is 303 g/mol. The van der Waals surface area contributed by atoms with E-state index in [9.17, 15) is 4.79 Å². The van der Waals surface area contributed by atoms with Crippen LogP contribution in [0.2, 0.25) is 0 Å². The average molecular weight is 303 g/mol. The number of nitrogens with one attached hydrogen (secondary N) is 2. The number of nitrogens with zero attached hydrogens (tertiary/aromatic N) is 1. The fourth-order valence-corrected chi connectivity index (χ4v) is 1.56. The van der Waals surface area contributed by atoms with Crippen LogP contribution in [0.15, 0.2) is 36.0 Å². The minimum Gasteiger partial charge on any atom is -0.497 e. The molecule has 0 unspecified atom stereocenters. The first kappa shape index (κ1) is 17.4. The topological polar surface area (TPSA) is 83.4 Å². The molecule has 0 aliphatic rings. The highest BCUT2D eigenvalue weighted by Crippen LogP contribution is 2.16. The number of benzene rings is 1. The number of nitriles is 1. The van der Waals surface area contributed by atoms with Crippen molar-refractivity contribution in [2.45, 2.75) is 13.3 Å². The quantitative estimate of drug-likeness (QED) is 0.411. The lowest BCUT2D eigenvalue weighted by molar-refractivity contribution is -0.117. The first-order chi connectivity index (χ1) is 10.7. The van der Waals surface area contributed by atoms with Crippen molar-refractivity contribution in [2.75, 3.05) is 26.8 Å². The Hall–Kier alpha value is -2.68. The molecule has 0 spiro atoms. The smallest absolute Gasteiger partial charge is 0.263 e. The number of carbonyl (C=O) groups excluding carboxylic acids is 1. The second kappa shape index (κ2) is 10.1. The maximum Gasteiger partial charge on any atom is 0.263 e. The van der Waals surface area contributed by atoms with Crippen LogP contribution < -0.4 is 20.1 Å². The summed E-state index contributed by atoms with van der Waals surface area (Å²) in [5, 5.41) is 14.5. The molecule has 0 saturated heterocycles. The lowest BCUT2D eigenvalue weighted by Gasteiger charge is -2.07. The molecule has 0 aromatic heterocycles. The summed E-state index contributed by atoms with van der Waals surface area (Å²) in [6.45, 7) is 3.40. The predicted octanol–water partition coefficient (Wildman–Crippen LogP) is 1.60. The van der Waals surface area contributed by atoms with Gasteiger partial charge in [-0.05, 0) is 30.7 Å². The first-order valence-corrected chi connectivity index (χ1v) is 7.10. The molecule has 1 rings (SSSR count). The fourth-order valence-electron chi connectivity index (χ4n) is 1.56. The molecule has 0 radical (unpaired) electrons. The van der Waals surface area contributed by atoms with Crippen molar-refractivity contribution in [2.24, 2.45) is 0 Å². The molecule has 2 N–H and O–H groups in total. The van der Waals surface area contributed by atoms with Crippen LogP contribution in [0.3, 0.4) is 0 Å². The third-order valence-electron chi connectivity index (χ3n) is 2.72. The molecule has 0 aliphatic carbocycles. The van der Waals surface area contributed by atoms with E-state index in [-0.39, 0.29) is 11.5 Å². The van der Waals surface area contributed by atoms with Crippen molar-refractivity contribution in [3.05, 3.63) is 36.0 Å². The van der Waals surface area contributed by atoms with Crippen LogP contribution in [-0.4, -0.2) is 32.7 Å². The standard InChI is InChI=1S/C16H21N3O3/c1-3-8-19-16(20)13(11-17)12-18-9-10-22-15-6-4-14(21-2)5-7-15/h4-7,12,18H,3,8-10H2,1-2H3,(H,19,20)/b13-12-. The molecular weight excluding hydrogens is 282 g/mol. The molecule has 118 valence electrons. The molecule has 0 fully saturated rings. The van der Waals surface area contributed by atoms with Gasteiger partial charge >= 0.3 is 0 Å². The summed E-state index contributed by atoms with van der Waals surface area (Å²) in [4.78, 5) is 11.6. The van der Waals surface area contributed by atoms with Crippen LogP contribution in [-0.2, 0) is 4.79 Å². The van der Waals surface area contributed by atoms with E-state index in [1.54, 1.807) is 7.11 Å². The van der Waals surface area contributed by atoms with Gasteiger partial charge in [0.25, 0.3) is 5.91 Å². The molecule has 1 aromatic carbocycles. The van der Waals surface area contributed by atoms with Gasteiger partial charge in [0.05, 0.1) is 7.11 Å². The maximum atomic E-state index is 11.6. The summed E-state index contributed by atoms with van der Waals surface area (Å²) < 4.78 is 10.6. The minimum absolute atomic E-state index is 0.0536. The molecule has 0 heterocycles. The molecule has 1 aromatic rings. The molecule has 0 saturated carbocycles. The molecule has 0 atom stereocenters. The van der Waals surface area contributed by atoms with E-state index in [2.05, 4.69) is 10.6 Å². The first-order valence-electron chi connectivity index (χ1n) is 7.10. The number of hydrogen-bond donors (Lipinski definition) is 2. The Bertz CT molecular complexity index is 533. The highest BCUT2D eigenvalue weighted by molar-refractivity contribution is 5.97. The Labute approximate surface area is 130 Å². The van der Waals surface area contributed by atoms with Crippen molar-refractivity contribution < 1.29 is 14.3 Å². The third-order valence-corrected chi connectivity index (χ3v) is 2.72. The van der Waals surface area contributed by atoms with Crippen molar-refractivity contribution in [1.82, 2.24) is 10.6 Å². The molecule has 22 heavy (non-hydrogen) atoms. The Balaban J connectivity index is 2.31. The molecule has 0 aliphatic heterocycles. The van der Waals surface area contributed by atoms with Crippen LogP contribution in [0, 0.1) is 11.3 Å². The Kier molecular flexibility index (Phi) is 7.98. The predicted molar refractivity (Wildman–Crippen MR) is 83.5 cm³/mol. The molecule has 0 bridgehead atoms. The summed E-state index contributed by atoms with van der Waals surface area (Å²) in [5.74, 6) is 1.13. The Morgan fingerprint density at radius 2 is 1.95 bits per heavy atom. The second-order valence-electron chi connectivity index (χ2n) is 4.40. The number of ether oxygens (including phenoxy) is 2. The van der Waals surface area contributed by atoms with Crippen molar-refractivity contribution in [3.8, 4) is 17.6 Å². The van der Waals surface area contributed by atoms with Gasteiger partial charge in [0, 0.05) is 19.3 Å². The summed E-state index contributed by atoms with van der Waals surface area (Å²) in [7, 11) is 1.61. The number of hydrogen-bond acceptors (Lipinski definition) is 5. The highest BCUT2D eigenvalue weighted by Gasteiger charge is 2.06. The van der Waals surface area contributed by atoms with E-state index in [0.717, 1.165) is 17.9 Å². The van der Waals surface area contributed by atoms with Gasteiger partial charge in [0.2, 0.25) is 0 Å². The van der Waals surface area contributed by atoms with Gasteiger partial charge in [0.15, 0.2) is 0 Å². The molecular formula is C16H21N3O3. The lowest BCUT2D eigenvalue weighted by Crippen LogP contribution is -2.26. The van der Waals surface area contributed by atoms with Gasteiger partial charge in [-0.25, -0.2) is 0 Å². The summed E-state index contributed by atoms with van der Waals surface area (Å²) in [5.41, 5.74) is 0.0536. The van der Waals surface area contributed by atoms with E-state index in [0.29, 0.717) is 19.7 Å². The number of rotatable bonds is 9. The van der Waals surface area contributed by atoms with Crippen LogP contribution in [0.1, 0.15) is 13.3 Å². The molecule has 1 amide bonds. The van der Waals surface area contributed by atoms with Crippen LogP contribution in [0.25, 0.3) is 0 Å². The average Bonchev–Trinajstić information content (AvgIpc) is 2.56.